The van der Waals surface area contributed by atoms with Gasteiger partial charge in [-0.1, -0.05) is 0 Å². The van der Waals surface area contributed by atoms with Gasteiger partial charge in [0.1, 0.15) is 0 Å². The van der Waals surface area contributed by atoms with Crippen molar-refractivity contribution >= 4 is 5.91 Å². The molecule has 1 atom stereocenters. The molecule has 0 aliphatic carbocycles. The van der Waals surface area contributed by atoms with E-state index < -0.39 is 0 Å². The van der Waals surface area contributed by atoms with Crippen LogP contribution >= 0.6 is 0 Å². The number of nitrogens with one attached hydrogen (secondary N) is 1. The zero-order valence-electron chi connectivity index (χ0n) is 6.84. The summed E-state index contributed by atoms with van der Waals surface area (Å²) in [6.07, 6.45) is 0.590. The fraction of sp³-hybridized carbons (Fsp3) is 0.857. The highest BCUT2D eigenvalue weighted by Gasteiger charge is 2.17. The maximum absolute atomic E-state index is 11.1. The Morgan fingerprint density at radius 2 is 2.55 bits per heavy atom. The van der Waals surface area contributed by atoms with Crippen molar-refractivity contribution in [3.8, 4) is 0 Å². The molecule has 0 saturated carbocycles. The van der Waals surface area contributed by atoms with Gasteiger partial charge in [-0.15, -0.1) is 0 Å². The molecule has 1 aliphatic rings. The van der Waals surface area contributed by atoms with E-state index in [0.29, 0.717) is 13.0 Å². The number of likely N-dealkylation sites (N-methyl/N-ethyl adjacent to an activating group) is 1. The average Bonchev–Trinajstić information content (AvgIpc) is 2.15. The van der Waals surface area contributed by atoms with E-state index in [2.05, 4.69) is 5.32 Å². The van der Waals surface area contributed by atoms with Gasteiger partial charge in [0, 0.05) is 39.1 Å². The molecule has 1 heterocycles. The number of nitrogens with two attached hydrogens (primary N) is 1. The summed E-state index contributed by atoms with van der Waals surface area (Å²) in [6.45, 7) is 2.08. The predicted molar refractivity (Wildman–Crippen MR) is 43.1 cm³/mol. The van der Waals surface area contributed by atoms with Gasteiger partial charge in [-0.05, 0) is 0 Å². The number of rotatable bonds is 1. The Bertz CT molecular complexity index is 149. The quantitative estimate of drug-likeness (QED) is 0.501. The van der Waals surface area contributed by atoms with E-state index in [0.717, 1.165) is 13.1 Å². The predicted octanol–water partition coefficient (Wildman–Crippen LogP) is -1.23. The lowest BCUT2D eigenvalue weighted by atomic mass is 10.3. The highest BCUT2D eigenvalue weighted by atomic mass is 16.2. The topological polar surface area (TPSA) is 58.4 Å². The largest absolute Gasteiger partial charge is 0.344 e. The highest BCUT2D eigenvalue weighted by Crippen LogP contribution is 1.97. The molecular weight excluding hydrogens is 142 g/mol. The minimum atomic E-state index is 0.202. The molecule has 3 N–H and O–H groups in total. The van der Waals surface area contributed by atoms with E-state index in [1.807, 2.05) is 7.05 Å². The van der Waals surface area contributed by atoms with Crippen molar-refractivity contribution in [2.24, 2.45) is 5.73 Å². The molecule has 0 radical (unpaired) electrons. The fourth-order valence-corrected chi connectivity index (χ4v) is 1.23. The Labute approximate surface area is 66.7 Å². The molecule has 1 fully saturated rings. The van der Waals surface area contributed by atoms with Gasteiger partial charge in [0.2, 0.25) is 5.91 Å². The first-order chi connectivity index (χ1) is 5.24. The third-order valence-electron chi connectivity index (χ3n) is 1.98. The normalized spacial score (nSPS) is 26.9. The third kappa shape index (κ3) is 2.17. The smallest absolute Gasteiger partial charge is 0.223 e. The summed E-state index contributed by atoms with van der Waals surface area (Å²) >= 11 is 0. The lowest BCUT2D eigenvalue weighted by Crippen LogP contribution is -2.42. The monoisotopic (exact) mass is 157 g/mol. The fourth-order valence-electron chi connectivity index (χ4n) is 1.23. The molecule has 0 aromatic rings. The summed E-state index contributed by atoms with van der Waals surface area (Å²) in [7, 11) is 1.82. The Morgan fingerprint density at radius 1 is 1.82 bits per heavy atom. The Hall–Kier alpha value is -0.610. The maximum Gasteiger partial charge on any atom is 0.223 e. The van der Waals surface area contributed by atoms with Crippen LogP contribution in [0.3, 0.4) is 0 Å². The van der Waals surface area contributed by atoms with Crippen LogP contribution in [-0.4, -0.2) is 43.5 Å². The van der Waals surface area contributed by atoms with E-state index in [4.69, 9.17) is 5.73 Å². The molecule has 64 valence electrons. The molecule has 1 aliphatic heterocycles. The maximum atomic E-state index is 11.1. The summed E-state index contributed by atoms with van der Waals surface area (Å²) in [5.41, 5.74) is 5.48. The van der Waals surface area contributed by atoms with E-state index in [1.54, 1.807) is 4.90 Å². The van der Waals surface area contributed by atoms with Crippen LogP contribution in [0, 0.1) is 0 Å². The molecule has 0 aromatic heterocycles. The van der Waals surface area contributed by atoms with E-state index >= 15 is 0 Å². The lowest BCUT2D eigenvalue weighted by Gasteiger charge is -2.18. The molecule has 0 bridgehead atoms. The van der Waals surface area contributed by atoms with Crippen LogP contribution in [0.4, 0.5) is 0 Å². The minimum absolute atomic E-state index is 0.202. The first kappa shape index (κ1) is 8.49. The van der Waals surface area contributed by atoms with Crippen LogP contribution < -0.4 is 11.1 Å². The van der Waals surface area contributed by atoms with E-state index in [-0.39, 0.29) is 11.9 Å². The molecule has 0 aromatic carbocycles. The number of carbonyl (C=O) groups excluding carboxylic acids is 1. The second-order valence-electron chi connectivity index (χ2n) is 2.91. The molecule has 1 saturated heterocycles. The number of carbonyl (C=O) groups is 1. The van der Waals surface area contributed by atoms with Crippen LogP contribution in [0.5, 0.6) is 0 Å². The van der Waals surface area contributed by atoms with Crippen LogP contribution in [0.15, 0.2) is 0 Å². The van der Waals surface area contributed by atoms with Crippen LogP contribution in [0.2, 0.25) is 0 Å². The Morgan fingerprint density at radius 3 is 3.18 bits per heavy atom. The SMILES string of the molecule is CN1CC(CN)NCCC1=O. The van der Waals surface area contributed by atoms with Crippen molar-refractivity contribution in [1.82, 2.24) is 10.2 Å². The van der Waals surface area contributed by atoms with Gasteiger partial charge < -0.3 is 16.0 Å². The second-order valence-corrected chi connectivity index (χ2v) is 2.91. The van der Waals surface area contributed by atoms with Gasteiger partial charge in [0.25, 0.3) is 0 Å². The average molecular weight is 157 g/mol. The number of nitrogens with zero attached hydrogens (tertiary/aromatic N) is 1. The molecule has 4 nitrogen and oxygen atoms in total. The van der Waals surface area contributed by atoms with Crippen LogP contribution in [0.25, 0.3) is 0 Å². The van der Waals surface area contributed by atoms with Crippen molar-refractivity contribution in [1.29, 1.82) is 0 Å². The van der Waals surface area contributed by atoms with Crippen molar-refractivity contribution in [2.75, 3.05) is 26.7 Å². The molecule has 0 spiro atoms. The van der Waals surface area contributed by atoms with Crippen LogP contribution in [-0.2, 0) is 4.79 Å². The van der Waals surface area contributed by atoms with E-state index in [1.165, 1.54) is 0 Å². The Balaban J connectivity index is 2.48. The lowest BCUT2D eigenvalue weighted by molar-refractivity contribution is -0.129. The van der Waals surface area contributed by atoms with E-state index in [9.17, 15) is 4.79 Å². The summed E-state index contributed by atoms with van der Waals surface area (Å²) < 4.78 is 0. The third-order valence-corrected chi connectivity index (χ3v) is 1.98. The summed E-state index contributed by atoms with van der Waals surface area (Å²) in [4.78, 5) is 12.9. The standard InChI is InChI=1S/C7H15N3O/c1-10-5-6(4-8)9-3-2-7(10)11/h6,9H,2-5,8H2,1H3. The molecule has 1 amide bonds. The summed E-state index contributed by atoms with van der Waals surface area (Å²) in [6, 6.07) is 0.270. The Kier molecular flexibility index (Phi) is 2.84. The number of hydrogen-bond acceptors (Lipinski definition) is 3. The summed E-state index contributed by atoms with van der Waals surface area (Å²) in [5, 5.41) is 3.20. The zero-order valence-corrected chi connectivity index (χ0v) is 6.84. The zero-order chi connectivity index (χ0) is 8.27. The molecule has 4 heteroatoms. The molecule has 1 unspecified atom stereocenters. The van der Waals surface area contributed by atoms with Crippen molar-refractivity contribution in [2.45, 2.75) is 12.5 Å². The molecule has 11 heavy (non-hydrogen) atoms. The first-order valence-electron chi connectivity index (χ1n) is 3.91. The second kappa shape index (κ2) is 3.69. The van der Waals surface area contributed by atoms with Crippen molar-refractivity contribution in [3.05, 3.63) is 0 Å². The van der Waals surface area contributed by atoms with Gasteiger partial charge in [-0.3, -0.25) is 4.79 Å². The van der Waals surface area contributed by atoms with Gasteiger partial charge >= 0.3 is 0 Å². The summed E-state index contributed by atoms with van der Waals surface area (Å²) in [5.74, 6) is 0.202. The number of amides is 1. The van der Waals surface area contributed by atoms with Gasteiger partial charge in [-0.25, -0.2) is 0 Å². The van der Waals surface area contributed by atoms with Crippen molar-refractivity contribution in [3.63, 3.8) is 0 Å². The number of hydrogen-bond donors (Lipinski definition) is 2. The van der Waals surface area contributed by atoms with Gasteiger partial charge in [-0.2, -0.15) is 0 Å². The van der Waals surface area contributed by atoms with Gasteiger partial charge in [0.15, 0.2) is 0 Å². The van der Waals surface area contributed by atoms with Crippen molar-refractivity contribution < 1.29 is 4.79 Å². The molecule has 1 rings (SSSR count). The molecular formula is C7H15N3O. The minimum Gasteiger partial charge on any atom is -0.344 e. The van der Waals surface area contributed by atoms with Gasteiger partial charge in [0.05, 0.1) is 0 Å². The first-order valence-corrected chi connectivity index (χ1v) is 3.91. The highest BCUT2D eigenvalue weighted by molar-refractivity contribution is 5.76. The van der Waals surface area contributed by atoms with Crippen LogP contribution in [0.1, 0.15) is 6.42 Å².